The van der Waals surface area contributed by atoms with Crippen LogP contribution < -0.4 is 11.1 Å². The molecule has 10 nitrogen and oxygen atoms in total. The molecule has 0 bridgehead atoms. The Kier molecular flexibility index (Phi) is 10.9. The van der Waals surface area contributed by atoms with Crippen molar-refractivity contribution >= 4 is 34.4 Å². The molecule has 1 saturated carbocycles. The zero-order valence-electron chi connectivity index (χ0n) is 26.9. The lowest BCUT2D eigenvalue weighted by Crippen LogP contribution is -2.48. The monoisotopic (exact) mass is 647 g/mol. The van der Waals surface area contributed by atoms with Crippen molar-refractivity contribution in [3.63, 3.8) is 0 Å². The zero-order valence-corrected chi connectivity index (χ0v) is 26.9. The summed E-state index contributed by atoms with van der Waals surface area (Å²) in [5.41, 5.74) is 8.92. The fraction of sp³-hybridized carbons (Fsp3) is 0.528. The Balaban J connectivity index is 1.13. The standard InChI is InChI=1S/C36H46FN5O5/c37-14-12-30(38)25-6-8-26(9-7-25)35(44)42-15-13-29(24-4-2-1-3-5-24)33(42)34(43)39-28-10-11-31-27(22-28)23-32(40-31)36(45)47-21-18-41-16-19-46-20-17-41/h1-5,10-11,22-23,25-26,29-30,33,40H,6-9,12-21,38H2,(H,39,43)/t25-,26-,29-,30-,33+/m1/s1. The van der Waals surface area contributed by atoms with Crippen molar-refractivity contribution in [2.75, 3.05) is 58.0 Å². The molecule has 47 heavy (non-hydrogen) atoms. The molecule has 3 aromatic rings. The number of alkyl halides is 1. The second kappa shape index (κ2) is 15.4. The molecule has 11 heteroatoms. The largest absolute Gasteiger partial charge is 0.460 e. The smallest absolute Gasteiger partial charge is 0.354 e. The Bertz CT molecular complexity index is 1520. The fourth-order valence-corrected chi connectivity index (χ4v) is 7.51. The van der Waals surface area contributed by atoms with Crippen molar-refractivity contribution in [1.82, 2.24) is 14.8 Å². The first-order valence-electron chi connectivity index (χ1n) is 17.0. The number of rotatable bonds is 11. The molecule has 0 radical (unpaired) electrons. The number of H-pyrrole nitrogens is 1. The summed E-state index contributed by atoms with van der Waals surface area (Å²) in [6.45, 7) is 4.08. The summed E-state index contributed by atoms with van der Waals surface area (Å²) in [6.07, 6.45) is 4.04. The third kappa shape index (κ3) is 7.85. The number of ether oxygens (including phenoxy) is 2. The van der Waals surface area contributed by atoms with Crippen LogP contribution in [-0.4, -0.2) is 97.3 Å². The van der Waals surface area contributed by atoms with Gasteiger partial charge in [-0.2, -0.15) is 0 Å². The number of hydrogen-bond acceptors (Lipinski definition) is 7. The second-order valence-corrected chi connectivity index (χ2v) is 13.1. The van der Waals surface area contributed by atoms with Gasteiger partial charge < -0.3 is 30.4 Å². The Morgan fingerprint density at radius 3 is 2.51 bits per heavy atom. The van der Waals surface area contributed by atoms with Crippen LogP contribution >= 0.6 is 0 Å². The van der Waals surface area contributed by atoms with Crippen molar-refractivity contribution in [3.8, 4) is 0 Å². The highest BCUT2D eigenvalue weighted by atomic mass is 19.1. The van der Waals surface area contributed by atoms with Gasteiger partial charge in [-0.05, 0) is 74.3 Å². The van der Waals surface area contributed by atoms with Crippen LogP contribution in [0.15, 0.2) is 54.6 Å². The van der Waals surface area contributed by atoms with E-state index in [1.54, 1.807) is 17.0 Å². The number of nitrogens with zero attached hydrogens (tertiary/aromatic N) is 2. The molecule has 0 unspecified atom stereocenters. The van der Waals surface area contributed by atoms with Crippen LogP contribution in [0.25, 0.3) is 10.9 Å². The zero-order chi connectivity index (χ0) is 32.8. The summed E-state index contributed by atoms with van der Waals surface area (Å²) in [5, 5.41) is 3.85. The quantitative estimate of drug-likeness (QED) is 0.262. The Morgan fingerprint density at radius 2 is 1.77 bits per heavy atom. The molecule has 3 atom stereocenters. The molecular weight excluding hydrogens is 601 g/mol. The molecule has 1 aliphatic carbocycles. The molecule has 3 aliphatic rings. The molecule has 4 N–H and O–H groups in total. The molecule has 0 spiro atoms. The van der Waals surface area contributed by atoms with Gasteiger partial charge in [0.1, 0.15) is 18.3 Å². The van der Waals surface area contributed by atoms with Gasteiger partial charge >= 0.3 is 5.97 Å². The van der Waals surface area contributed by atoms with Gasteiger partial charge in [-0.3, -0.25) is 18.9 Å². The van der Waals surface area contributed by atoms with Gasteiger partial charge in [0.15, 0.2) is 0 Å². The molecule has 3 heterocycles. The molecular formula is C36H46FN5O5. The number of anilines is 1. The SMILES string of the molecule is N[C@H](CCF)[C@H]1CC[C@H](C(=O)N2CC[C@H](c3ccccc3)[C@H]2C(=O)Nc2ccc3[nH]c(C(=O)OCCN4CCOCC4)cc3c2)CC1. The maximum absolute atomic E-state index is 14.1. The number of esters is 1. The number of nitrogens with two attached hydrogens (primary N) is 1. The van der Waals surface area contributed by atoms with Crippen LogP contribution in [0, 0.1) is 11.8 Å². The van der Waals surface area contributed by atoms with Crippen LogP contribution in [-0.2, 0) is 19.1 Å². The van der Waals surface area contributed by atoms with E-state index in [4.69, 9.17) is 15.2 Å². The van der Waals surface area contributed by atoms with Gasteiger partial charge in [-0.25, -0.2) is 4.79 Å². The van der Waals surface area contributed by atoms with Crippen molar-refractivity contribution in [3.05, 3.63) is 65.9 Å². The predicted molar refractivity (Wildman–Crippen MR) is 178 cm³/mol. The van der Waals surface area contributed by atoms with E-state index in [-0.39, 0.29) is 35.6 Å². The van der Waals surface area contributed by atoms with Crippen molar-refractivity contribution in [2.24, 2.45) is 17.6 Å². The van der Waals surface area contributed by atoms with E-state index >= 15 is 0 Å². The molecule has 6 rings (SSSR count). The van der Waals surface area contributed by atoms with Gasteiger partial charge in [0, 0.05) is 60.6 Å². The molecule has 3 fully saturated rings. The lowest BCUT2D eigenvalue weighted by molar-refractivity contribution is -0.141. The predicted octanol–water partition coefficient (Wildman–Crippen LogP) is 4.47. The number of nitrogens with one attached hydrogen (secondary N) is 2. The summed E-state index contributed by atoms with van der Waals surface area (Å²) < 4.78 is 23.7. The van der Waals surface area contributed by atoms with Crippen LogP contribution in [0.5, 0.6) is 0 Å². The second-order valence-electron chi connectivity index (χ2n) is 13.1. The first-order valence-corrected chi connectivity index (χ1v) is 17.0. The first-order chi connectivity index (χ1) is 22.9. The minimum absolute atomic E-state index is 0.0129. The lowest BCUT2D eigenvalue weighted by atomic mass is 9.77. The lowest BCUT2D eigenvalue weighted by Gasteiger charge is -2.35. The summed E-state index contributed by atoms with van der Waals surface area (Å²) in [4.78, 5) is 47.9. The van der Waals surface area contributed by atoms with Gasteiger partial charge in [0.05, 0.1) is 19.9 Å². The van der Waals surface area contributed by atoms with Crippen LogP contribution in [0.2, 0.25) is 0 Å². The number of morpholine rings is 1. The number of benzene rings is 2. The van der Waals surface area contributed by atoms with Gasteiger partial charge in [-0.15, -0.1) is 0 Å². The average Bonchev–Trinajstić information content (AvgIpc) is 3.74. The third-order valence-electron chi connectivity index (χ3n) is 10.2. The van der Waals surface area contributed by atoms with Crippen LogP contribution in [0.1, 0.15) is 60.5 Å². The highest BCUT2D eigenvalue weighted by molar-refractivity contribution is 6.01. The number of halogens is 1. The average molecular weight is 648 g/mol. The number of amides is 2. The first kappa shape index (κ1) is 33.1. The van der Waals surface area contributed by atoms with Crippen LogP contribution in [0.4, 0.5) is 10.1 Å². The number of carbonyl (C=O) groups is 3. The highest BCUT2D eigenvalue weighted by Gasteiger charge is 2.44. The van der Waals surface area contributed by atoms with E-state index in [9.17, 15) is 18.8 Å². The number of carbonyl (C=O) groups excluding carboxylic acids is 3. The molecule has 2 saturated heterocycles. The number of hydrogen-bond donors (Lipinski definition) is 3. The Morgan fingerprint density at radius 1 is 1.00 bits per heavy atom. The van der Waals surface area contributed by atoms with Gasteiger partial charge in [0.2, 0.25) is 11.8 Å². The van der Waals surface area contributed by atoms with E-state index < -0.39 is 18.7 Å². The number of fused-ring (bicyclic) bond motifs is 1. The maximum Gasteiger partial charge on any atom is 0.354 e. The van der Waals surface area contributed by atoms with E-state index in [0.29, 0.717) is 70.0 Å². The minimum Gasteiger partial charge on any atom is -0.460 e. The highest BCUT2D eigenvalue weighted by Crippen LogP contribution is 2.38. The van der Waals surface area contributed by atoms with Crippen molar-refractivity contribution < 1.29 is 28.2 Å². The fourth-order valence-electron chi connectivity index (χ4n) is 7.51. The van der Waals surface area contributed by atoms with Gasteiger partial charge in [0.25, 0.3) is 0 Å². The number of aromatic amines is 1. The summed E-state index contributed by atoms with van der Waals surface area (Å²) in [5.74, 6) is -0.726. The summed E-state index contributed by atoms with van der Waals surface area (Å²) in [7, 11) is 0. The normalized spacial score (nSPS) is 24.3. The number of likely N-dealkylation sites (tertiary alicyclic amines) is 1. The molecule has 2 aliphatic heterocycles. The van der Waals surface area contributed by atoms with Crippen molar-refractivity contribution in [2.45, 2.75) is 56.5 Å². The molecule has 252 valence electrons. The van der Waals surface area contributed by atoms with Crippen LogP contribution in [0.3, 0.4) is 0 Å². The third-order valence-corrected chi connectivity index (χ3v) is 10.2. The summed E-state index contributed by atoms with van der Waals surface area (Å²) in [6, 6.07) is 16.3. The van der Waals surface area contributed by atoms with E-state index in [1.807, 2.05) is 42.5 Å². The van der Waals surface area contributed by atoms with E-state index in [0.717, 1.165) is 42.4 Å². The summed E-state index contributed by atoms with van der Waals surface area (Å²) >= 11 is 0. The Labute approximate surface area is 275 Å². The topological polar surface area (TPSA) is 130 Å². The van der Waals surface area contributed by atoms with Gasteiger partial charge in [-0.1, -0.05) is 30.3 Å². The van der Waals surface area contributed by atoms with E-state index in [2.05, 4.69) is 15.2 Å². The maximum atomic E-state index is 14.1. The molecule has 2 aromatic carbocycles. The Hall–Kier alpha value is -3.80. The number of aromatic nitrogens is 1. The molecule has 2 amide bonds. The minimum atomic E-state index is -0.657. The van der Waals surface area contributed by atoms with E-state index in [1.165, 1.54) is 0 Å². The van der Waals surface area contributed by atoms with Crippen molar-refractivity contribution in [1.29, 1.82) is 0 Å². The molecule has 1 aromatic heterocycles.